The molecule has 1 fully saturated rings. The fourth-order valence-corrected chi connectivity index (χ4v) is 3.78. The highest BCUT2D eigenvalue weighted by Crippen LogP contribution is 2.23. The zero-order valence-electron chi connectivity index (χ0n) is 9.39. The molecule has 1 aromatic rings. The number of sulfonamides is 1. The van der Waals surface area contributed by atoms with Crippen LogP contribution in [0.2, 0.25) is 0 Å². The van der Waals surface area contributed by atoms with Crippen molar-refractivity contribution < 1.29 is 8.42 Å². The standard InChI is InChI=1S/C11H15BrN2O2S/c12-10-3-1-4-11(9-10)14-7-6-13-5-2-8-17(14,15)16/h1,3-4,9,13H,2,5-8H2. The molecule has 1 aliphatic rings. The normalized spacial score (nSPS) is 20.6. The molecular weight excluding hydrogens is 304 g/mol. The van der Waals surface area contributed by atoms with Gasteiger partial charge >= 0.3 is 0 Å². The monoisotopic (exact) mass is 318 g/mol. The molecule has 17 heavy (non-hydrogen) atoms. The molecule has 0 unspecified atom stereocenters. The Labute approximate surface area is 110 Å². The third-order valence-electron chi connectivity index (χ3n) is 2.68. The van der Waals surface area contributed by atoms with E-state index in [0.29, 0.717) is 19.5 Å². The first-order valence-corrected chi connectivity index (χ1v) is 7.96. The van der Waals surface area contributed by atoms with Crippen LogP contribution in [0.4, 0.5) is 5.69 Å². The van der Waals surface area contributed by atoms with Gasteiger partial charge in [-0.15, -0.1) is 0 Å². The molecule has 0 spiro atoms. The Hall–Kier alpha value is -0.590. The van der Waals surface area contributed by atoms with Gasteiger partial charge in [0.05, 0.1) is 11.4 Å². The second-order valence-corrected chi connectivity index (χ2v) is 6.90. The molecular formula is C11H15BrN2O2S. The maximum Gasteiger partial charge on any atom is 0.235 e. The van der Waals surface area contributed by atoms with E-state index in [1.54, 1.807) is 0 Å². The van der Waals surface area contributed by atoms with Gasteiger partial charge in [-0.3, -0.25) is 4.31 Å². The molecule has 0 saturated carbocycles. The molecule has 1 aromatic carbocycles. The van der Waals surface area contributed by atoms with Crippen molar-refractivity contribution in [3.05, 3.63) is 28.7 Å². The Balaban J connectivity index is 2.32. The fraction of sp³-hybridized carbons (Fsp3) is 0.455. The second kappa shape index (κ2) is 5.37. The Bertz CT molecular complexity index is 490. The molecule has 2 rings (SSSR count). The first kappa shape index (κ1) is 12.9. The van der Waals surface area contributed by atoms with Crippen molar-refractivity contribution in [3.63, 3.8) is 0 Å². The predicted molar refractivity (Wildman–Crippen MR) is 72.8 cm³/mol. The summed E-state index contributed by atoms with van der Waals surface area (Å²) in [6.07, 6.45) is 0.660. The van der Waals surface area contributed by atoms with Gasteiger partial charge in [0.2, 0.25) is 10.0 Å². The second-order valence-electron chi connectivity index (χ2n) is 3.97. The van der Waals surface area contributed by atoms with Crippen LogP contribution in [0.15, 0.2) is 28.7 Å². The molecule has 1 saturated heterocycles. The predicted octanol–water partition coefficient (Wildman–Crippen LogP) is 1.58. The van der Waals surface area contributed by atoms with E-state index < -0.39 is 10.0 Å². The van der Waals surface area contributed by atoms with Gasteiger partial charge in [-0.05, 0) is 31.2 Å². The zero-order chi connectivity index (χ0) is 12.3. The number of benzene rings is 1. The van der Waals surface area contributed by atoms with Gasteiger partial charge in [-0.1, -0.05) is 22.0 Å². The third-order valence-corrected chi connectivity index (χ3v) is 5.04. The minimum absolute atomic E-state index is 0.201. The lowest BCUT2D eigenvalue weighted by atomic mass is 10.3. The average Bonchev–Trinajstić information content (AvgIpc) is 2.25. The van der Waals surface area contributed by atoms with Crippen LogP contribution < -0.4 is 9.62 Å². The number of halogens is 1. The Morgan fingerprint density at radius 2 is 2.12 bits per heavy atom. The highest BCUT2D eigenvalue weighted by atomic mass is 79.9. The number of nitrogens with one attached hydrogen (secondary N) is 1. The first-order chi connectivity index (χ1) is 8.09. The van der Waals surface area contributed by atoms with Crippen molar-refractivity contribution in [3.8, 4) is 0 Å². The Kier molecular flexibility index (Phi) is 4.06. The van der Waals surface area contributed by atoms with Crippen LogP contribution in [0.5, 0.6) is 0 Å². The van der Waals surface area contributed by atoms with E-state index >= 15 is 0 Å². The summed E-state index contributed by atoms with van der Waals surface area (Å²) in [6.45, 7) is 1.94. The summed E-state index contributed by atoms with van der Waals surface area (Å²) in [5.74, 6) is 0.201. The molecule has 4 nitrogen and oxygen atoms in total. The minimum Gasteiger partial charge on any atom is -0.315 e. The van der Waals surface area contributed by atoms with Gasteiger partial charge in [0.25, 0.3) is 0 Å². The van der Waals surface area contributed by atoms with E-state index in [1.165, 1.54) is 4.31 Å². The summed E-state index contributed by atoms with van der Waals surface area (Å²) >= 11 is 3.36. The molecule has 0 atom stereocenters. The van der Waals surface area contributed by atoms with E-state index in [1.807, 2.05) is 24.3 Å². The highest BCUT2D eigenvalue weighted by molar-refractivity contribution is 9.10. The van der Waals surface area contributed by atoms with Crippen LogP contribution in [0.3, 0.4) is 0 Å². The summed E-state index contributed by atoms with van der Waals surface area (Å²) in [5.41, 5.74) is 0.725. The van der Waals surface area contributed by atoms with Gasteiger partial charge in [0.15, 0.2) is 0 Å². The van der Waals surface area contributed by atoms with E-state index in [4.69, 9.17) is 0 Å². The van der Waals surface area contributed by atoms with E-state index in [9.17, 15) is 8.42 Å². The van der Waals surface area contributed by atoms with Gasteiger partial charge in [-0.25, -0.2) is 8.42 Å². The molecule has 0 aromatic heterocycles. The van der Waals surface area contributed by atoms with Crippen LogP contribution in [0, 0.1) is 0 Å². The van der Waals surface area contributed by atoms with E-state index in [2.05, 4.69) is 21.2 Å². The molecule has 0 amide bonds. The summed E-state index contributed by atoms with van der Waals surface area (Å²) < 4.78 is 26.7. The molecule has 6 heteroatoms. The molecule has 0 radical (unpaired) electrons. The van der Waals surface area contributed by atoms with Crippen LogP contribution in [0.1, 0.15) is 6.42 Å². The van der Waals surface area contributed by atoms with Crippen molar-refractivity contribution in [2.24, 2.45) is 0 Å². The number of nitrogens with zero attached hydrogens (tertiary/aromatic N) is 1. The van der Waals surface area contributed by atoms with Crippen LogP contribution in [-0.4, -0.2) is 33.8 Å². The molecule has 0 aliphatic carbocycles. The highest BCUT2D eigenvalue weighted by Gasteiger charge is 2.23. The van der Waals surface area contributed by atoms with Crippen molar-refractivity contribution in [2.75, 3.05) is 29.7 Å². The quantitative estimate of drug-likeness (QED) is 0.855. The first-order valence-electron chi connectivity index (χ1n) is 5.56. The largest absolute Gasteiger partial charge is 0.315 e. The van der Waals surface area contributed by atoms with Crippen LogP contribution >= 0.6 is 15.9 Å². The topological polar surface area (TPSA) is 49.4 Å². The van der Waals surface area contributed by atoms with Crippen LogP contribution in [0.25, 0.3) is 0 Å². The molecule has 0 bridgehead atoms. The number of anilines is 1. The number of hydrogen-bond donors (Lipinski definition) is 1. The lowest BCUT2D eigenvalue weighted by molar-refractivity contribution is 0.572. The van der Waals surface area contributed by atoms with Crippen molar-refractivity contribution in [1.29, 1.82) is 0 Å². The molecule has 1 N–H and O–H groups in total. The van der Waals surface area contributed by atoms with Crippen molar-refractivity contribution in [1.82, 2.24) is 5.32 Å². The van der Waals surface area contributed by atoms with E-state index in [-0.39, 0.29) is 5.75 Å². The fourth-order valence-electron chi connectivity index (χ4n) is 1.86. The lowest BCUT2D eigenvalue weighted by Crippen LogP contribution is -2.41. The third kappa shape index (κ3) is 3.20. The molecule has 1 heterocycles. The maximum absolute atomic E-state index is 12.1. The average molecular weight is 319 g/mol. The van der Waals surface area contributed by atoms with Crippen molar-refractivity contribution in [2.45, 2.75) is 6.42 Å². The van der Waals surface area contributed by atoms with Gasteiger partial charge in [0.1, 0.15) is 0 Å². The molecule has 94 valence electrons. The van der Waals surface area contributed by atoms with Gasteiger partial charge in [-0.2, -0.15) is 0 Å². The van der Waals surface area contributed by atoms with Gasteiger partial charge in [0, 0.05) is 17.6 Å². The summed E-state index contributed by atoms with van der Waals surface area (Å²) in [4.78, 5) is 0. The Morgan fingerprint density at radius 3 is 2.88 bits per heavy atom. The summed E-state index contributed by atoms with van der Waals surface area (Å²) in [6, 6.07) is 7.39. The lowest BCUT2D eigenvalue weighted by Gasteiger charge is -2.26. The summed E-state index contributed by atoms with van der Waals surface area (Å²) in [5, 5.41) is 3.22. The van der Waals surface area contributed by atoms with Crippen LogP contribution in [-0.2, 0) is 10.0 Å². The van der Waals surface area contributed by atoms with Gasteiger partial charge < -0.3 is 5.32 Å². The molecule has 1 aliphatic heterocycles. The van der Waals surface area contributed by atoms with E-state index in [0.717, 1.165) is 16.7 Å². The summed E-state index contributed by atoms with van der Waals surface area (Å²) in [7, 11) is -3.18. The van der Waals surface area contributed by atoms with Crippen molar-refractivity contribution >= 4 is 31.6 Å². The Morgan fingerprint density at radius 1 is 1.29 bits per heavy atom. The minimum atomic E-state index is -3.18. The smallest absolute Gasteiger partial charge is 0.235 e. The SMILES string of the molecule is O=S1(=O)CCCNCCN1c1cccc(Br)c1. The maximum atomic E-state index is 12.1. The number of rotatable bonds is 1. The zero-order valence-corrected chi connectivity index (χ0v) is 11.8. The number of hydrogen-bond acceptors (Lipinski definition) is 3.